The molecular weight excluding hydrogens is 278 g/mol. The summed E-state index contributed by atoms with van der Waals surface area (Å²) < 4.78 is 29.6. The first-order valence-electron chi connectivity index (χ1n) is 7.23. The van der Waals surface area contributed by atoms with Crippen molar-refractivity contribution < 1.29 is 17.9 Å². The summed E-state index contributed by atoms with van der Waals surface area (Å²) in [4.78, 5) is 11.2. The third-order valence-electron chi connectivity index (χ3n) is 4.08. The van der Waals surface area contributed by atoms with E-state index in [4.69, 9.17) is 0 Å². The zero-order valence-electron chi connectivity index (χ0n) is 12.9. The number of carbonyl (C=O) groups is 1. The van der Waals surface area contributed by atoms with Crippen LogP contribution in [0.1, 0.15) is 46.5 Å². The molecule has 1 aliphatic carbocycles. The summed E-state index contributed by atoms with van der Waals surface area (Å²) in [6, 6.07) is -0.00401. The minimum atomic E-state index is -3.29. The topological polar surface area (TPSA) is 72.5 Å². The van der Waals surface area contributed by atoms with Crippen LogP contribution in [0.4, 0.5) is 0 Å². The molecule has 20 heavy (non-hydrogen) atoms. The maximum Gasteiger partial charge on any atom is 0.306 e. The molecule has 0 aromatic heterocycles. The van der Waals surface area contributed by atoms with Crippen LogP contribution in [-0.4, -0.2) is 45.1 Å². The fraction of sp³-hybridized carbons (Fsp3) is 0.929. The van der Waals surface area contributed by atoms with Gasteiger partial charge in [0.05, 0.1) is 24.5 Å². The first-order valence-corrected chi connectivity index (χ1v) is 8.95. The minimum Gasteiger partial charge on any atom is -0.469 e. The molecule has 1 N–H and O–H groups in total. The van der Waals surface area contributed by atoms with Crippen LogP contribution in [0.25, 0.3) is 0 Å². The minimum absolute atomic E-state index is 0.00401. The molecule has 1 saturated carbocycles. The van der Waals surface area contributed by atoms with Crippen molar-refractivity contribution in [2.45, 2.75) is 57.7 Å². The van der Waals surface area contributed by atoms with E-state index >= 15 is 0 Å². The maximum absolute atomic E-state index is 12.5. The zero-order valence-corrected chi connectivity index (χ0v) is 13.8. The highest BCUT2D eigenvalue weighted by molar-refractivity contribution is 7.92. The van der Waals surface area contributed by atoms with E-state index in [1.807, 2.05) is 6.92 Å². The summed E-state index contributed by atoms with van der Waals surface area (Å²) in [5, 5.41) is 2.88. The Hall–Kier alpha value is -0.620. The Kier molecular flexibility index (Phi) is 6.01. The number of hydrogen-bond donors (Lipinski definition) is 1. The third kappa shape index (κ3) is 4.74. The van der Waals surface area contributed by atoms with E-state index in [1.165, 1.54) is 7.11 Å². The van der Waals surface area contributed by atoms with Crippen molar-refractivity contribution in [3.8, 4) is 0 Å². The lowest BCUT2D eigenvalue weighted by Gasteiger charge is -2.40. The Morgan fingerprint density at radius 3 is 2.60 bits per heavy atom. The van der Waals surface area contributed by atoms with Crippen LogP contribution >= 0.6 is 0 Å². The van der Waals surface area contributed by atoms with Crippen LogP contribution in [0, 0.1) is 5.41 Å². The highest BCUT2D eigenvalue weighted by Gasteiger charge is 2.41. The number of sulfone groups is 1. The predicted octanol–water partition coefficient (Wildman–Crippen LogP) is 1.52. The van der Waals surface area contributed by atoms with Crippen molar-refractivity contribution in [1.82, 2.24) is 5.32 Å². The number of hydrogen-bond acceptors (Lipinski definition) is 5. The largest absolute Gasteiger partial charge is 0.469 e. The summed E-state index contributed by atoms with van der Waals surface area (Å²) in [6.07, 6.45) is 2.47. The zero-order chi connectivity index (χ0) is 15.4. The number of methoxy groups -OCH3 is 1. The Morgan fingerprint density at radius 1 is 1.40 bits per heavy atom. The van der Waals surface area contributed by atoms with Crippen LogP contribution in [0.5, 0.6) is 0 Å². The second-order valence-corrected chi connectivity index (χ2v) is 8.64. The molecular formula is C14H27NO4S. The summed E-state index contributed by atoms with van der Waals surface area (Å²) in [5.41, 5.74) is 0.0366. The van der Waals surface area contributed by atoms with Gasteiger partial charge in [0.2, 0.25) is 0 Å². The van der Waals surface area contributed by atoms with Gasteiger partial charge in [-0.05, 0) is 31.2 Å². The summed E-state index contributed by atoms with van der Waals surface area (Å²) in [5.74, 6) is -0.592. The SMILES string of the molecule is CCNC1CCC(C)(C)CC1S(=O)(=O)CCC(=O)OC. The number of carbonyl (C=O) groups excluding carboxylic acids is 1. The van der Waals surface area contributed by atoms with E-state index in [0.717, 1.165) is 19.4 Å². The maximum atomic E-state index is 12.5. The quantitative estimate of drug-likeness (QED) is 0.753. The van der Waals surface area contributed by atoms with E-state index < -0.39 is 21.1 Å². The van der Waals surface area contributed by atoms with Crippen molar-refractivity contribution in [3.63, 3.8) is 0 Å². The highest BCUT2D eigenvalue weighted by Crippen LogP contribution is 2.38. The number of rotatable bonds is 6. The van der Waals surface area contributed by atoms with Crippen LogP contribution in [-0.2, 0) is 19.4 Å². The first-order chi connectivity index (χ1) is 9.22. The molecule has 6 heteroatoms. The predicted molar refractivity (Wildman–Crippen MR) is 79.3 cm³/mol. The lowest BCUT2D eigenvalue weighted by molar-refractivity contribution is -0.140. The molecule has 0 saturated heterocycles. The number of esters is 1. The lowest BCUT2D eigenvalue weighted by atomic mass is 9.75. The molecule has 0 aromatic carbocycles. The smallest absolute Gasteiger partial charge is 0.306 e. The fourth-order valence-corrected chi connectivity index (χ4v) is 5.06. The number of nitrogens with one attached hydrogen (secondary N) is 1. The van der Waals surface area contributed by atoms with Gasteiger partial charge in [-0.25, -0.2) is 8.42 Å². The van der Waals surface area contributed by atoms with E-state index in [9.17, 15) is 13.2 Å². The van der Waals surface area contributed by atoms with Gasteiger partial charge in [0, 0.05) is 6.04 Å². The Morgan fingerprint density at radius 2 is 2.05 bits per heavy atom. The molecule has 0 heterocycles. The third-order valence-corrected chi connectivity index (χ3v) is 6.27. The van der Waals surface area contributed by atoms with Crippen LogP contribution < -0.4 is 5.32 Å². The Bertz CT molecular complexity index is 430. The van der Waals surface area contributed by atoms with Gasteiger partial charge in [-0.3, -0.25) is 4.79 Å². The fourth-order valence-electron chi connectivity index (χ4n) is 2.87. The van der Waals surface area contributed by atoms with Crippen LogP contribution in [0.15, 0.2) is 0 Å². The normalized spacial score (nSPS) is 26.2. The molecule has 118 valence electrons. The van der Waals surface area contributed by atoms with Crippen molar-refractivity contribution in [3.05, 3.63) is 0 Å². The summed E-state index contributed by atoms with van der Waals surface area (Å²) in [6.45, 7) is 6.96. The van der Waals surface area contributed by atoms with Crippen LogP contribution in [0.2, 0.25) is 0 Å². The van der Waals surface area contributed by atoms with Crippen molar-refractivity contribution in [2.24, 2.45) is 5.41 Å². The molecule has 5 nitrogen and oxygen atoms in total. The molecule has 0 amide bonds. The molecule has 2 unspecified atom stereocenters. The lowest BCUT2D eigenvalue weighted by Crippen LogP contribution is -2.50. The standard InChI is InChI=1S/C14H27NO4S/c1-5-15-11-6-8-14(2,3)10-12(11)20(17,18)9-7-13(16)19-4/h11-12,15H,5-10H2,1-4H3. The van der Waals surface area contributed by atoms with Gasteiger partial charge in [-0.1, -0.05) is 20.8 Å². The average molecular weight is 305 g/mol. The van der Waals surface area contributed by atoms with E-state index in [0.29, 0.717) is 6.42 Å². The molecule has 0 radical (unpaired) electrons. The second kappa shape index (κ2) is 6.89. The summed E-state index contributed by atoms with van der Waals surface area (Å²) in [7, 11) is -2.02. The molecule has 2 atom stereocenters. The van der Waals surface area contributed by atoms with Crippen molar-refractivity contribution in [1.29, 1.82) is 0 Å². The van der Waals surface area contributed by atoms with Gasteiger partial charge in [0.15, 0.2) is 9.84 Å². The van der Waals surface area contributed by atoms with Gasteiger partial charge >= 0.3 is 5.97 Å². The molecule has 0 aliphatic heterocycles. The molecule has 1 fully saturated rings. The Labute approximate surface area is 122 Å². The Balaban J connectivity index is 2.82. The molecule has 1 aliphatic rings. The van der Waals surface area contributed by atoms with Gasteiger partial charge in [-0.2, -0.15) is 0 Å². The van der Waals surface area contributed by atoms with Gasteiger partial charge in [-0.15, -0.1) is 0 Å². The van der Waals surface area contributed by atoms with Gasteiger partial charge in [0.25, 0.3) is 0 Å². The molecule has 0 aromatic rings. The molecule has 0 bridgehead atoms. The monoisotopic (exact) mass is 305 g/mol. The van der Waals surface area contributed by atoms with Gasteiger partial charge < -0.3 is 10.1 Å². The molecule has 1 rings (SSSR count). The summed E-state index contributed by atoms with van der Waals surface area (Å²) >= 11 is 0. The van der Waals surface area contributed by atoms with Crippen LogP contribution in [0.3, 0.4) is 0 Å². The highest BCUT2D eigenvalue weighted by atomic mass is 32.2. The molecule has 0 spiro atoms. The van der Waals surface area contributed by atoms with Crippen molar-refractivity contribution >= 4 is 15.8 Å². The van der Waals surface area contributed by atoms with Crippen molar-refractivity contribution in [2.75, 3.05) is 19.4 Å². The number of ether oxygens (including phenoxy) is 1. The second-order valence-electron chi connectivity index (χ2n) is 6.30. The average Bonchev–Trinajstić information content (AvgIpc) is 2.38. The van der Waals surface area contributed by atoms with E-state index in [2.05, 4.69) is 23.9 Å². The first kappa shape index (κ1) is 17.4. The van der Waals surface area contributed by atoms with Gasteiger partial charge in [0.1, 0.15) is 0 Å². The van der Waals surface area contributed by atoms with E-state index in [1.54, 1.807) is 0 Å². The van der Waals surface area contributed by atoms with E-state index in [-0.39, 0.29) is 23.6 Å².